The van der Waals surface area contributed by atoms with Gasteiger partial charge in [0.1, 0.15) is 0 Å². The first-order chi connectivity index (χ1) is 2.00. The molecule has 0 heterocycles. The van der Waals surface area contributed by atoms with E-state index in [2.05, 4.69) is 0 Å². The fourth-order valence-electron chi connectivity index (χ4n) is 0. The van der Waals surface area contributed by atoms with Crippen LogP contribution >= 0.6 is 7.82 Å². The van der Waals surface area contributed by atoms with Crippen LogP contribution in [0.4, 0.5) is 4.70 Å². The molecule has 9 heteroatoms. The molecular weight excluding hydrogens is 183 g/mol. The minimum absolute atomic E-state index is 0. The van der Waals surface area contributed by atoms with E-state index in [1.54, 1.807) is 0 Å². The Balaban J connectivity index is -0.0000000133. The summed E-state index contributed by atoms with van der Waals surface area (Å²) in [7, 11) is -4.64. The zero-order valence-corrected chi connectivity index (χ0v) is 3.50. The maximum atomic E-state index is 8.88. The van der Waals surface area contributed by atoms with Gasteiger partial charge in [-0.2, -0.15) is 0 Å². The van der Waals surface area contributed by atoms with Gasteiger partial charge in [0.2, 0.25) is 0 Å². The van der Waals surface area contributed by atoms with Gasteiger partial charge in [0, 0.05) is 0 Å². The van der Waals surface area contributed by atoms with E-state index < -0.39 is 7.82 Å². The van der Waals surface area contributed by atoms with E-state index in [0.717, 1.165) is 0 Å². The molecule has 0 rings (SSSR count). The third-order valence-corrected chi connectivity index (χ3v) is 0. The van der Waals surface area contributed by atoms with Gasteiger partial charge < -0.3 is 14.7 Å². The summed E-state index contributed by atoms with van der Waals surface area (Å²) in [5.74, 6) is 0. The van der Waals surface area contributed by atoms with Crippen LogP contribution in [0.5, 0.6) is 0 Å². The molecule has 9 heavy (non-hydrogen) atoms. The normalized spacial score (nSPS) is 6.56. The standard InChI is InChI=1S/FH.3Na.H3O4P.3H/c;;;;1-5(2,3)4;;;/h1H;;;;(H3,1,2,3,4);;;. The average Bonchev–Trinajstić information content (AvgIpc) is 0.722. The van der Waals surface area contributed by atoms with Gasteiger partial charge in [0.15, 0.2) is 0 Å². The number of hydrogen-bond acceptors (Lipinski definition) is 1. The van der Waals surface area contributed by atoms with E-state index >= 15 is 0 Å². The number of hydrogen-bond donors (Lipinski definition) is 3. The molecule has 3 N–H and O–H groups in total. The Kier molecular flexibility index (Phi) is 44.8. The first-order valence-electron chi connectivity index (χ1n) is 0.783. The summed E-state index contributed by atoms with van der Waals surface area (Å²) in [5.41, 5.74) is 0. The SMILES string of the molecule is F.O=P(O)(O)O.[NaH].[NaH].[NaH]. The molecule has 46 valence electrons. The second-order valence-corrected chi connectivity index (χ2v) is 1.54. The van der Waals surface area contributed by atoms with Crippen molar-refractivity contribution < 1.29 is 23.9 Å². The Hall–Kier alpha value is 3.04. The average molecular weight is 190 g/mol. The van der Waals surface area contributed by atoms with Crippen LogP contribution in [0.15, 0.2) is 0 Å². The zero-order valence-electron chi connectivity index (χ0n) is 2.61. The summed E-state index contributed by atoms with van der Waals surface area (Å²) in [6.07, 6.45) is 0. The van der Waals surface area contributed by atoms with Crippen LogP contribution in [0.3, 0.4) is 0 Å². The van der Waals surface area contributed by atoms with Gasteiger partial charge in [-0.25, -0.2) is 4.57 Å². The molecule has 0 radical (unpaired) electrons. The third kappa shape index (κ3) is 97.6. The zero-order chi connectivity index (χ0) is 4.50. The first kappa shape index (κ1) is 29.6. The molecule has 0 aliphatic carbocycles. The van der Waals surface area contributed by atoms with Gasteiger partial charge in [0.05, 0.1) is 0 Å². The van der Waals surface area contributed by atoms with Crippen LogP contribution in [-0.2, 0) is 4.57 Å². The molecule has 0 spiro atoms. The molecule has 4 nitrogen and oxygen atoms in total. The van der Waals surface area contributed by atoms with E-state index in [0.29, 0.717) is 0 Å². The van der Waals surface area contributed by atoms with Crippen molar-refractivity contribution >= 4 is 96.5 Å². The van der Waals surface area contributed by atoms with Gasteiger partial charge >= 0.3 is 96.5 Å². The Bertz CT molecular complexity index is 61.9. The number of halogens is 1. The molecule has 0 atom stereocenters. The third-order valence-electron chi connectivity index (χ3n) is 0. The summed E-state index contributed by atoms with van der Waals surface area (Å²) in [6.45, 7) is 0. The number of phosphoric acid groups is 1. The summed E-state index contributed by atoms with van der Waals surface area (Å²) in [6, 6.07) is 0. The van der Waals surface area contributed by atoms with Gasteiger partial charge in [-0.1, -0.05) is 0 Å². The van der Waals surface area contributed by atoms with Crippen molar-refractivity contribution in [1.82, 2.24) is 0 Å². The van der Waals surface area contributed by atoms with Crippen molar-refractivity contribution in [2.24, 2.45) is 0 Å². The van der Waals surface area contributed by atoms with Crippen molar-refractivity contribution in [2.75, 3.05) is 0 Å². The topological polar surface area (TPSA) is 77.8 Å². The van der Waals surface area contributed by atoms with Crippen molar-refractivity contribution in [1.29, 1.82) is 0 Å². The minimum atomic E-state index is -4.64. The van der Waals surface area contributed by atoms with Crippen LogP contribution in [0, 0.1) is 0 Å². The van der Waals surface area contributed by atoms with Crippen LogP contribution in [0.1, 0.15) is 0 Å². The van der Waals surface area contributed by atoms with Gasteiger partial charge in [-0.15, -0.1) is 0 Å². The van der Waals surface area contributed by atoms with E-state index in [1.165, 1.54) is 0 Å². The summed E-state index contributed by atoms with van der Waals surface area (Å²) >= 11 is 0. The molecule has 0 aliphatic rings. The first-order valence-corrected chi connectivity index (χ1v) is 2.35. The molecule has 0 saturated heterocycles. The van der Waals surface area contributed by atoms with Gasteiger partial charge in [-0.3, -0.25) is 4.70 Å². The Morgan fingerprint density at radius 3 is 0.889 bits per heavy atom. The summed E-state index contributed by atoms with van der Waals surface area (Å²) in [5, 5.41) is 0. The summed E-state index contributed by atoms with van der Waals surface area (Å²) < 4.78 is 8.88. The van der Waals surface area contributed by atoms with Crippen molar-refractivity contribution in [3.8, 4) is 0 Å². The predicted molar refractivity (Wildman–Crippen MR) is 38.2 cm³/mol. The molecule has 0 fully saturated rings. The molecular formula is H7FNa3O4P. The van der Waals surface area contributed by atoms with E-state index in [-0.39, 0.29) is 93.4 Å². The van der Waals surface area contributed by atoms with Crippen LogP contribution in [0.25, 0.3) is 0 Å². The molecule has 0 aromatic heterocycles. The molecule has 0 saturated carbocycles. The summed E-state index contributed by atoms with van der Waals surface area (Å²) in [4.78, 5) is 21.6. The quantitative estimate of drug-likeness (QED) is 0.286. The van der Waals surface area contributed by atoms with E-state index in [4.69, 9.17) is 19.2 Å². The monoisotopic (exact) mass is 190 g/mol. The van der Waals surface area contributed by atoms with Crippen LogP contribution in [0.2, 0.25) is 0 Å². The molecule has 0 aromatic rings. The Labute approximate surface area is 118 Å². The van der Waals surface area contributed by atoms with Crippen molar-refractivity contribution in [3.63, 3.8) is 0 Å². The van der Waals surface area contributed by atoms with Crippen LogP contribution in [-0.4, -0.2) is 103 Å². The second-order valence-electron chi connectivity index (χ2n) is 0.513. The molecule has 0 aliphatic heterocycles. The van der Waals surface area contributed by atoms with Crippen LogP contribution < -0.4 is 0 Å². The Morgan fingerprint density at radius 1 is 0.889 bits per heavy atom. The Morgan fingerprint density at radius 2 is 0.889 bits per heavy atom. The van der Waals surface area contributed by atoms with Crippen molar-refractivity contribution in [3.05, 3.63) is 0 Å². The van der Waals surface area contributed by atoms with Gasteiger partial charge in [0.25, 0.3) is 0 Å². The molecule has 0 bridgehead atoms. The molecule has 0 amide bonds. The molecule has 0 aromatic carbocycles. The molecule has 0 unspecified atom stereocenters. The fraction of sp³-hybridized carbons (Fsp3) is 0. The second kappa shape index (κ2) is 13.6. The fourth-order valence-corrected chi connectivity index (χ4v) is 0. The van der Waals surface area contributed by atoms with Crippen molar-refractivity contribution in [2.45, 2.75) is 0 Å². The van der Waals surface area contributed by atoms with Gasteiger partial charge in [-0.05, 0) is 0 Å². The maximum absolute atomic E-state index is 8.88. The van der Waals surface area contributed by atoms with E-state index in [1.807, 2.05) is 0 Å². The number of rotatable bonds is 0. The predicted octanol–water partition coefficient (Wildman–Crippen LogP) is -2.72. The van der Waals surface area contributed by atoms with E-state index in [9.17, 15) is 0 Å².